The molecule has 2 N–H and O–H groups in total. The zero-order valence-corrected chi connectivity index (χ0v) is 18.4. The Bertz CT molecular complexity index is 1430. The maximum atomic E-state index is 9.94. The third-order valence-corrected chi connectivity index (χ3v) is 5.33. The zero-order valence-electron chi connectivity index (χ0n) is 18.4. The molecule has 0 atom stereocenters. The molecular weight excluding hydrogens is 414 g/mol. The summed E-state index contributed by atoms with van der Waals surface area (Å²) in [6, 6.07) is 13.4. The number of nitrogens with zero attached hydrogens (tertiary/aromatic N) is 6. The van der Waals surface area contributed by atoms with Crippen LogP contribution in [0.15, 0.2) is 67.3 Å². The van der Waals surface area contributed by atoms with E-state index in [4.69, 9.17) is 9.97 Å². The van der Waals surface area contributed by atoms with Crippen LogP contribution in [0.2, 0.25) is 0 Å². The Hall–Kier alpha value is -4.33. The van der Waals surface area contributed by atoms with Crippen molar-refractivity contribution in [3.63, 3.8) is 0 Å². The highest BCUT2D eigenvalue weighted by atomic mass is 16.3. The van der Waals surface area contributed by atoms with Crippen molar-refractivity contribution in [2.24, 2.45) is 0 Å². The summed E-state index contributed by atoms with van der Waals surface area (Å²) in [5.41, 5.74) is 7.55. The first kappa shape index (κ1) is 20.6. The van der Waals surface area contributed by atoms with Gasteiger partial charge in [0.1, 0.15) is 11.4 Å². The van der Waals surface area contributed by atoms with Crippen LogP contribution in [0.5, 0.6) is 6.01 Å². The molecule has 0 saturated carbocycles. The van der Waals surface area contributed by atoms with Gasteiger partial charge in [-0.2, -0.15) is 4.98 Å². The molecular formula is C25H23N7O. The molecule has 0 bridgehead atoms. The number of nitrogens with one attached hydrogen (secondary N) is 1. The van der Waals surface area contributed by atoms with Crippen LogP contribution in [0.3, 0.4) is 0 Å². The first-order valence-corrected chi connectivity index (χ1v) is 10.7. The van der Waals surface area contributed by atoms with Crippen LogP contribution in [-0.2, 0) is 6.42 Å². The quantitative estimate of drug-likeness (QED) is 0.410. The smallest absolute Gasteiger partial charge is 0.314 e. The molecule has 0 spiro atoms. The molecule has 0 aromatic carbocycles. The first-order chi connectivity index (χ1) is 16.1. The molecule has 0 aliphatic heterocycles. The van der Waals surface area contributed by atoms with Gasteiger partial charge in [-0.25, -0.2) is 9.97 Å². The van der Waals surface area contributed by atoms with E-state index in [0.717, 1.165) is 46.9 Å². The fraction of sp³-hybridized carbons (Fsp3) is 0.160. The lowest BCUT2D eigenvalue weighted by Crippen LogP contribution is -2.07. The van der Waals surface area contributed by atoms with Gasteiger partial charge < -0.3 is 10.4 Å². The van der Waals surface area contributed by atoms with E-state index in [-0.39, 0.29) is 6.01 Å². The van der Waals surface area contributed by atoms with Crippen LogP contribution in [-0.4, -0.2) is 41.0 Å². The first-order valence-electron chi connectivity index (χ1n) is 10.7. The summed E-state index contributed by atoms with van der Waals surface area (Å²) in [7, 11) is 0. The summed E-state index contributed by atoms with van der Waals surface area (Å²) in [6.07, 6.45) is 8.05. The normalized spacial score (nSPS) is 11.1. The Labute approximate surface area is 191 Å². The van der Waals surface area contributed by atoms with Crippen LogP contribution in [0.25, 0.3) is 28.4 Å². The molecule has 0 unspecified atom stereocenters. The maximum absolute atomic E-state index is 9.94. The van der Waals surface area contributed by atoms with Crippen molar-refractivity contribution < 1.29 is 5.11 Å². The van der Waals surface area contributed by atoms with Gasteiger partial charge in [0.15, 0.2) is 5.65 Å². The molecule has 8 nitrogen and oxygen atoms in total. The standard InChI is InChI=1S/C25H23N7O/c1-16-13-21(27-11-8-18-6-4-10-26-14-18)24-31-22(19-7-3-5-17(2)29-19)23(32(24)15-16)20-9-12-28-25(33)30-20/h3-7,9-10,12-15,27H,8,11H2,1-2H3,(H,28,30,33). The van der Waals surface area contributed by atoms with Crippen molar-refractivity contribution in [1.82, 2.24) is 29.3 Å². The summed E-state index contributed by atoms with van der Waals surface area (Å²) in [4.78, 5) is 22.0. The van der Waals surface area contributed by atoms with E-state index in [1.165, 1.54) is 11.8 Å². The molecule has 5 aromatic rings. The summed E-state index contributed by atoms with van der Waals surface area (Å²) in [5, 5.41) is 13.5. The number of pyridine rings is 3. The maximum Gasteiger partial charge on any atom is 0.314 e. The molecule has 8 heteroatoms. The van der Waals surface area contributed by atoms with E-state index in [9.17, 15) is 5.11 Å². The highest BCUT2D eigenvalue weighted by molar-refractivity contribution is 5.83. The van der Waals surface area contributed by atoms with Crippen molar-refractivity contribution in [3.8, 4) is 28.8 Å². The van der Waals surface area contributed by atoms with E-state index < -0.39 is 0 Å². The number of hydrogen-bond acceptors (Lipinski definition) is 7. The van der Waals surface area contributed by atoms with Crippen molar-refractivity contribution in [2.45, 2.75) is 20.3 Å². The summed E-state index contributed by atoms with van der Waals surface area (Å²) >= 11 is 0. The lowest BCUT2D eigenvalue weighted by atomic mass is 10.1. The molecule has 5 heterocycles. The number of anilines is 1. The Morgan fingerprint density at radius 3 is 2.67 bits per heavy atom. The van der Waals surface area contributed by atoms with E-state index in [1.54, 1.807) is 12.3 Å². The largest absolute Gasteiger partial charge is 0.479 e. The minimum atomic E-state index is -0.284. The van der Waals surface area contributed by atoms with Gasteiger partial charge in [-0.1, -0.05) is 12.1 Å². The van der Waals surface area contributed by atoms with Crippen LogP contribution < -0.4 is 5.32 Å². The summed E-state index contributed by atoms with van der Waals surface area (Å²) in [5.74, 6) is 0. The van der Waals surface area contributed by atoms with Crippen LogP contribution >= 0.6 is 0 Å². The Kier molecular flexibility index (Phi) is 5.40. The number of fused-ring (bicyclic) bond motifs is 1. The molecule has 0 radical (unpaired) electrons. The Morgan fingerprint density at radius 1 is 0.970 bits per heavy atom. The fourth-order valence-electron chi connectivity index (χ4n) is 3.88. The van der Waals surface area contributed by atoms with E-state index in [1.807, 2.05) is 54.9 Å². The minimum Gasteiger partial charge on any atom is -0.479 e. The lowest BCUT2D eigenvalue weighted by molar-refractivity contribution is 0.431. The molecule has 0 aliphatic rings. The topological polar surface area (TPSA) is 101 Å². The van der Waals surface area contributed by atoms with Crippen molar-refractivity contribution in [3.05, 3.63) is 84.1 Å². The van der Waals surface area contributed by atoms with Crippen LogP contribution in [0.4, 0.5) is 5.69 Å². The third kappa shape index (κ3) is 4.23. The molecule has 0 amide bonds. The summed E-state index contributed by atoms with van der Waals surface area (Å²) < 4.78 is 2.00. The van der Waals surface area contributed by atoms with Crippen LogP contribution in [0, 0.1) is 13.8 Å². The second-order valence-electron chi connectivity index (χ2n) is 7.88. The fourth-order valence-corrected chi connectivity index (χ4v) is 3.88. The number of aromatic hydroxyl groups is 1. The van der Waals surface area contributed by atoms with Gasteiger partial charge in [0.05, 0.1) is 17.1 Å². The van der Waals surface area contributed by atoms with E-state index >= 15 is 0 Å². The van der Waals surface area contributed by atoms with Gasteiger partial charge in [0, 0.05) is 37.0 Å². The SMILES string of the molecule is Cc1cc(NCCc2cccnc2)c2nc(-c3cccc(C)n3)c(-c3ccnc(O)n3)n2c1. The highest BCUT2D eigenvalue weighted by Gasteiger charge is 2.21. The second-order valence-corrected chi connectivity index (χ2v) is 7.88. The van der Waals surface area contributed by atoms with Gasteiger partial charge in [0.25, 0.3) is 0 Å². The van der Waals surface area contributed by atoms with Gasteiger partial charge >= 0.3 is 6.01 Å². The predicted octanol–water partition coefficient (Wildman–Crippen LogP) is 4.23. The van der Waals surface area contributed by atoms with Gasteiger partial charge in [-0.05, 0) is 61.7 Å². The molecule has 0 aliphatic carbocycles. The van der Waals surface area contributed by atoms with Crippen molar-refractivity contribution in [1.29, 1.82) is 0 Å². The monoisotopic (exact) mass is 437 g/mol. The number of aryl methyl sites for hydroxylation is 2. The molecule has 0 fully saturated rings. The second kappa shape index (κ2) is 8.66. The van der Waals surface area contributed by atoms with Gasteiger partial charge in [-0.3, -0.25) is 14.4 Å². The average Bonchev–Trinajstić information content (AvgIpc) is 3.19. The van der Waals surface area contributed by atoms with Crippen molar-refractivity contribution >= 4 is 11.3 Å². The number of imidazole rings is 1. The van der Waals surface area contributed by atoms with Crippen molar-refractivity contribution in [2.75, 3.05) is 11.9 Å². The lowest BCUT2D eigenvalue weighted by Gasteiger charge is -2.10. The van der Waals surface area contributed by atoms with Gasteiger partial charge in [-0.15, -0.1) is 0 Å². The van der Waals surface area contributed by atoms with E-state index in [2.05, 4.69) is 32.4 Å². The van der Waals surface area contributed by atoms with Gasteiger partial charge in [0.2, 0.25) is 0 Å². The molecule has 5 aromatic heterocycles. The summed E-state index contributed by atoms with van der Waals surface area (Å²) in [6.45, 7) is 4.72. The molecule has 33 heavy (non-hydrogen) atoms. The third-order valence-electron chi connectivity index (χ3n) is 5.33. The molecule has 164 valence electrons. The Balaban J connectivity index is 1.64. The highest BCUT2D eigenvalue weighted by Crippen LogP contribution is 2.34. The average molecular weight is 438 g/mol. The Morgan fingerprint density at radius 2 is 1.88 bits per heavy atom. The predicted molar refractivity (Wildman–Crippen MR) is 127 cm³/mol. The molecule has 5 rings (SSSR count). The zero-order chi connectivity index (χ0) is 22.8. The molecule has 0 saturated heterocycles. The number of aromatic nitrogens is 6. The minimum absolute atomic E-state index is 0.284. The number of rotatable bonds is 6. The number of hydrogen-bond donors (Lipinski definition) is 2. The van der Waals surface area contributed by atoms with Crippen LogP contribution in [0.1, 0.15) is 16.8 Å². The van der Waals surface area contributed by atoms with E-state index in [0.29, 0.717) is 11.4 Å².